The minimum atomic E-state index is -0.597. The van der Waals surface area contributed by atoms with E-state index >= 15 is 0 Å². The van der Waals surface area contributed by atoms with Crippen molar-refractivity contribution in [2.24, 2.45) is 0 Å². The number of halogens is 1. The van der Waals surface area contributed by atoms with E-state index in [0.717, 1.165) is 0 Å². The average molecular weight is 193 g/mol. The van der Waals surface area contributed by atoms with Crippen LogP contribution in [0.25, 0.3) is 10.9 Å². The summed E-state index contributed by atoms with van der Waals surface area (Å²) in [7, 11) is 0. The van der Waals surface area contributed by atoms with Crippen LogP contribution in [0, 0.1) is 12.7 Å². The van der Waals surface area contributed by atoms with Crippen LogP contribution in [-0.2, 0) is 0 Å². The lowest BCUT2D eigenvalue weighted by atomic mass is 10.1. The van der Waals surface area contributed by atoms with Gasteiger partial charge in [0.1, 0.15) is 5.82 Å². The molecule has 2 N–H and O–H groups in total. The molecule has 0 amide bonds. The van der Waals surface area contributed by atoms with E-state index < -0.39 is 11.4 Å². The Hall–Kier alpha value is -1.84. The molecule has 0 saturated heterocycles. The van der Waals surface area contributed by atoms with E-state index in [1.54, 1.807) is 6.92 Å². The summed E-state index contributed by atoms with van der Waals surface area (Å²) >= 11 is 0. The molecular formula is C10H8FNO2. The normalized spacial score (nSPS) is 10.7. The fourth-order valence-electron chi connectivity index (χ4n) is 1.43. The third-order valence-electron chi connectivity index (χ3n) is 2.20. The smallest absolute Gasteiger partial charge is 0.290 e. The fraction of sp³-hybridized carbons (Fsp3) is 0.100. The molecule has 0 fully saturated rings. The van der Waals surface area contributed by atoms with Crippen molar-refractivity contribution >= 4 is 10.9 Å². The Bertz CT molecular complexity index is 560. The first-order valence-corrected chi connectivity index (χ1v) is 4.10. The van der Waals surface area contributed by atoms with Crippen molar-refractivity contribution in [3.8, 4) is 5.75 Å². The van der Waals surface area contributed by atoms with Crippen molar-refractivity contribution in [2.75, 3.05) is 0 Å². The number of rotatable bonds is 0. The number of pyridine rings is 1. The Morgan fingerprint density at radius 1 is 1.43 bits per heavy atom. The number of fused-ring (bicyclic) bond motifs is 1. The maximum atomic E-state index is 12.8. The summed E-state index contributed by atoms with van der Waals surface area (Å²) in [5.74, 6) is -0.734. The van der Waals surface area contributed by atoms with Crippen molar-refractivity contribution in [2.45, 2.75) is 6.92 Å². The number of aromatic hydroxyl groups is 1. The summed E-state index contributed by atoms with van der Waals surface area (Å²) in [6.07, 6.45) is 0. The molecule has 2 rings (SSSR count). The van der Waals surface area contributed by atoms with Gasteiger partial charge in [-0.05, 0) is 25.1 Å². The van der Waals surface area contributed by atoms with Gasteiger partial charge in [0.15, 0.2) is 5.75 Å². The van der Waals surface area contributed by atoms with Gasteiger partial charge in [0.25, 0.3) is 5.56 Å². The van der Waals surface area contributed by atoms with E-state index in [1.165, 1.54) is 18.2 Å². The van der Waals surface area contributed by atoms with E-state index in [0.29, 0.717) is 16.5 Å². The molecule has 1 aromatic heterocycles. The monoisotopic (exact) mass is 193 g/mol. The molecule has 0 radical (unpaired) electrons. The van der Waals surface area contributed by atoms with E-state index in [2.05, 4.69) is 4.98 Å². The van der Waals surface area contributed by atoms with Gasteiger partial charge < -0.3 is 10.1 Å². The lowest BCUT2D eigenvalue weighted by molar-refractivity contribution is 0.464. The Labute approximate surface area is 78.8 Å². The Balaban J connectivity index is 2.98. The van der Waals surface area contributed by atoms with Gasteiger partial charge in [-0.3, -0.25) is 4.79 Å². The van der Waals surface area contributed by atoms with Crippen LogP contribution in [0.4, 0.5) is 4.39 Å². The predicted octanol–water partition coefficient (Wildman–Crippen LogP) is 1.68. The standard InChI is InChI=1S/C10H8FNO2/c1-5-7-3-2-6(11)4-8(7)12-10(14)9(5)13/h2-4,13H,1H3,(H,12,14). The minimum Gasteiger partial charge on any atom is -0.503 e. The molecule has 1 heterocycles. The van der Waals surface area contributed by atoms with Crippen molar-refractivity contribution in [1.82, 2.24) is 4.98 Å². The fourth-order valence-corrected chi connectivity index (χ4v) is 1.43. The van der Waals surface area contributed by atoms with Crippen molar-refractivity contribution in [1.29, 1.82) is 0 Å². The number of aromatic nitrogens is 1. The van der Waals surface area contributed by atoms with Crippen molar-refractivity contribution in [3.63, 3.8) is 0 Å². The first-order valence-electron chi connectivity index (χ1n) is 4.10. The quantitative estimate of drug-likeness (QED) is 0.668. The average Bonchev–Trinajstić information content (AvgIpc) is 2.14. The number of benzene rings is 1. The molecular weight excluding hydrogens is 185 g/mol. The van der Waals surface area contributed by atoms with E-state index in [1.807, 2.05) is 0 Å². The summed E-state index contributed by atoms with van der Waals surface area (Å²) in [5.41, 5.74) is 0.259. The van der Waals surface area contributed by atoms with E-state index in [4.69, 9.17) is 0 Å². The lowest BCUT2D eigenvalue weighted by Gasteiger charge is -2.03. The number of aryl methyl sites for hydroxylation is 1. The molecule has 0 bridgehead atoms. The SMILES string of the molecule is Cc1c(O)c(=O)[nH]c2cc(F)ccc12. The second-order valence-corrected chi connectivity index (χ2v) is 3.12. The highest BCUT2D eigenvalue weighted by Crippen LogP contribution is 2.21. The molecule has 0 atom stereocenters. The molecule has 2 aromatic rings. The largest absolute Gasteiger partial charge is 0.503 e. The second kappa shape index (κ2) is 2.83. The van der Waals surface area contributed by atoms with E-state index in [-0.39, 0.29) is 5.75 Å². The van der Waals surface area contributed by atoms with Crippen LogP contribution in [0.5, 0.6) is 5.75 Å². The number of hydrogen-bond donors (Lipinski definition) is 2. The summed E-state index contributed by atoms with van der Waals surface area (Å²) < 4.78 is 12.8. The zero-order valence-corrected chi connectivity index (χ0v) is 7.47. The van der Waals surface area contributed by atoms with Crippen LogP contribution in [0.15, 0.2) is 23.0 Å². The number of nitrogens with one attached hydrogen (secondary N) is 1. The van der Waals surface area contributed by atoms with Gasteiger partial charge in [0.2, 0.25) is 0 Å². The highest BCUT2D eigenvalue weighted by Gasteiger charge is 2.07. The molecule has 72 valence electrons. The van der Waals surface area contributed by atoms with Crippen LogP contribution >= 0.6 is 0 Å². The Morgan fingerprint density at radius 3 is 2.86 bits per heavy atom. The number of hydrogen-bond acceptors (Lipinski definition) is 2. The second-order valence-electron chi connectivity index (χ2n) is 3.12. The van der Waals surface area contributed by atoms with Crippen LogP contribution in [-0.4, -0.2) is 10.1 Å². The van der Waals surface area contributed by atoms with Crippen LogP contribution in [0.3, 0.4) is 0 Å². The summed E-state index contributed by atoms with van der Waals surface area (Å²) in [6.45, 7) is 1.62. The molecule has 0 aliphatic carbocycles. The highest BCUT2D eigenvalue weighted by atomic mass is 19.1. The summed E-state index contributed by atoms with van der Waals surface area (Å²) in [6, 6.07) is 4.03. The van der Waals surface area contributed by atoms with Gasteiger partial charge in [-0.25, -0.2) is 4.39 Å². The van der Waals surface area contributed by atoms with Crippen molar-refractivity contribution < 1.29 is 9.50 Å². The van der Waals surface area contributed by atoms with Crippen LogP contribution in [0.1, 0.15) is 5.56 Å². The first-order chi connectivity index (χ1) is 6.59. The Morgan fingerprint density at radius 2 is 2.14 bits per heavy atom. The van der Waals surface area contributed by atoms with Gasteiger partial charge in [0, 0.05) is 10.9 Å². The third kappa shape index (κ3) is 1.16. The topological polar surface area (TPSA) is 53.1 Å². The maximum absolute atomic E-state index is 12.8. The number of H-pyrrole nitrogens is 1. The molecule has 4 heteroatoms. The molecule has 14 heavy (non-hydrogen) atoms. The molecule has 0 aliphatic heterocycles. The molecule has 0 unspecified atom stereocenters. The van der Waals surface area contributed by atoms with Crippen molar-refractivity contribution in [3.05, 3.63) is 39.9 Å². The van der Waals surface area contributed by atoms with Gasteiger partial charge in [-0.15, -0.1) is 0 Å². The van der Waals surface area contributed by atoms with Gasteiger partial charge >= 0.3 is 0 Å². The highest BCUT2D eigenvalue weighted by molar-refractivity contribution is 5.83. The molecule has 3 nitrogen and oxygen atoms in total. The van der Waals surface area contributed by atoms with Gasteiger partial charge in [-0.2, -0.15) is 0 Å². The molecule has 0 saturated carbocycles. The van der Waals surface area contributed by atoms with Gasteiger partial charge in [0.05, 0.1) is 5.52 Å². The van der Waals surface area contributed by atoms with Crippen LogP contribution < -0.4 is 5.56 Å². The molecule has 0 aliphatic rings. The van der Waals surface area contributed by atoms with Crippen LogP contribution in [0.2, 0.25) is 0 Å². The zero-order chi connectivity index (χ0) is 10.3. The molecule has 0 spiro atoms. The summed E-state index contributed by atoms with van der Waals surface area (Å²) in [4.78, 5) is 13.5. The lowest BCUT2D eigenvalue weighted by Crippen LogP contribution is -2.06. The van der Waals surface area contributed by atoms with Gasteiger partial charge in [-0.1, -0.05) is 0 Å². The maximum Gasteiger partial charge on any atom is 0.290 e. The third-order valence-corrected chi connectivity index (χ3v) is 2.20. The summed E-state index contributed by atoms with van der Waals surface area (Å²) in [5, 5.41) is 9.98. The minimum absolute atomic E-state index is 0.316. The van der Waals surface area contributed by atoms with E-state index in [9.17, 15) is 14.3 Å². The molecule has 1 aromatic carbocycles. The zero-order valence-electron chi connectivity index (χ0n) is 7.47. The first kappa shape index (κ1) is 8.74. The Kier molecular flexibility index (Phi) is 1.77. The number of aromatic amines is 1. The predicted molar refractivity (Wildman–Crippen MR) is 50.9 cm³/mol.